The fourth-order valence-electron chi connectivity index (χ4n) is 3.36. The van der Waals surface area contributed by atoms with Crippen molar-refractivity contribution < 1.29 is 0 Å². The smallest absolute Gasteiger partial charge is 0.159 e. The van der Waals surface area contributed by atoms with Gasteiger partial charge >= 0.3 is 0 Å². The van der Waals surface area contributed by atoms with Gasteiger partial charge in [0.25, 0.3) is 0 Å². The molecule has 5 nitrogen and oxygen atoms in total. The normalized spacial score (nSPS) is 18.9. The van der Waals surface area contributed by atoms with Gasteiger partial charge in [-0.05, 0) is 26.3 Å². The topological polar surface area (TPSA) is 44.6 Å². The lowest BCUT2D eigenvalue weighted by Gasteiger charge is -2.36. The first-order chi connectivity index (χ1) is 12.1. The van der Waals surface area contributed by atoms with Gasteiger partial charge in [-0.15, -0.1) is 36.2 Å². The Kier molecular flexibility index (Phi) is 7.64. The third-order valence-electron chi connectivity index (χ3n) is 4.67. The van der Waals surface area contributed by atoms with Gasteiger partial charge in [0.2, 0.25) is 0 Å². The van der Waals surface area contributed by atoms with E-state index in [0.29, 0.717) is 0 Å². The highest BCUT2D eigenvalue weighted by Gasteiger charge is 2.32. The quantitative estimate of drug-likeness (QED) is 0.692. The molecular weight excluding hydrogens is 421 g/mol. The highest BCUT2D eigenvalue weighted by molar-refractivity contribution is 8.15. The van der Waals surface area contributed by atoms with E-state index in [0.717, 1.165) is 49.8 Å². The molecule has 2 aliphatic rings. The number of nitrogens with zero attached hydrogens (tertiary/aromatic N) is 5. The van der Waals surface area contributed by atoms with Crippen LogP contribution in [0.1, 0.15) is 32.1 Å². The number of fused-ring (bicyclic) bond motifs is 1. The van der Waals surface area contributed by atoms with Crippen LogP contribution in [-0.4, -0.2) is 57.5 Å². The molecule has 0 unspecified atom stereocenters. The fourth-order valence-corrected chi connectivity index (χ4v) is 5.51. The lowest BCUT2D eigenvalue weighted by atomic mass is 10.2. The van der Waals surface area contributed by atoms with E-state index in [9.17, 15) is 0 Å². The molecule has 0 aromatic carbocycles. The van der Waals surface area contributed by atoms with Gasteiger partial charge in [-0.2, -0.15) is 0 Å². The van der Waals surface area contributed by atoms with E-state index in [1.54, 1.807) is 6.33 Å². The van der Waals surface area contributed by atoms with Crippen molar-refractivity contribution in [3.63, 3.8) is 0 Å². The van der Waals surface area contributed by atoms with Crippen molar-refractivity contribution in [2.75, 3.05) is 37.6 Å². The van der Waals surface area contributed by atoms with Gasteiger partial charge in [-0.25, -0.2) is 9.97 Å². The van der Waals surface area contributed by atoms with Crippen molar-refractivity contribution in [3.05, 3.63) is 17.3 Å². The maximum atomic E-state index is 4.75. The van der Waals surface area contributed by atoms with E-state index in [2.05, 4.69) is 46.6 Å². The molecule has 9 heteroatoms. The first-order valence-electron chi connectivity index (χ1n) is 9.02. The summed E-state index contributed by atoms with van der Waals surface area (Å²) in [5, 5.41) is 2.44. The highest BCUT2D eigenvalue weighted by Crippen LogP contribution is 2.35. The average molecular weight is 448 g/mol. The zero-order chi connectivity index (χ0) is 17.4. The Morgan fingerprint density at radius 3 is 2.41 bits per heavy atom. The number of aromatic nitrogens is 2. The Hall–Kier alpha value is -0.760. The van der Waals surface area contributed by atoms with Crippen LogP contribution in [0.2, 0.25) is 0 Å². The Morgan fingerprint density at radius 2 is 1.78 bits per heavy atom. The minimum absolute atomic E-state index is 0. The van der Waals surface area contributed by atoms with Crippen LogP contribution in [0.15, 0.2) is 17.4 Å². The van der Waals surface area contributed by atoms with E-state index >= 15 is 0 Å². The lowest BCUT2D eigenvalue weighted by Crippen LogP contribution is -2.48. The number of piperazine rings is 1. The molecule has 2 aromatic heterocycles. The monoisotopic (exact) mass is 447 g/mol. The molecule has 0 aliphatic carbocycles. The summed E-state index contributed by atoms with van der Waals surface area (Å²) < 4.78 is 0.248. The summed E-state index contributed by atoms with van der Waals surface area (Å²) >= 11 is 3.73. The van der Waals surface area contributed by atoms with Crippen molar-refractivity contribution in [1.82, 2.24) is 14.9 Å². The minimum atomic E-state index is 0. The predicted molar refractivity (Wildman–Crippen MR) is 124 cm³/mol. The number of hydrogen-bond donors (Lipinski definition) is 0. The van der Waals surface area contributed by atoms with E-state index in [1.165, 1.54) is 21.9 Å². The van der Waals surface area contributed by atoms with Crippen LogP contribution in [0.4, 0.5) is 5.82 Å². The number of halogens is 2. The zero-order valence-corrected chi connectivity index (χ0v) is 19.2. The number of aliphatic imine (C=N–C) groups is 1. The van der Waals surface area contributed by atoms with E-state index in [-0.39, 0.29) is 29.6 Å². The van der Waals surface area contributed by atoms with Gasteiger partial charge in [0, 0.05) is 35.8 Å². The molecule has 0 N–H and O–H groups in total. The average Bonchev–Trinajstić information content (AvgIpc) is 3.17. The van der Waals surface area contributed by atoms with Crippen molar-refractivity contribution in [1.29, 1.82) is 0 Å². The van der Waals surface area contributed by atoms with Crippen LogP contribution in [0.25, 0.3) is 10.2 Å². The second kappa shape index (κ2) is 9.16. The molecule has 0 amide bonds. The first kappa shape index (κ1) is 22.5. The van der Waals surface area contributed by atoms with Crippen molar-refractivity contribution in [3.8, 4) is 0 Å². The maximum absolute atomic E-state index is 4.75. The molecule has 1 saturated heterocycles. The summed E-state index contributed by atoms with van der Waals surface area (Å²) in [6.07, 6.45) is 4.02. The summed E-state index contributed by atoms with van der Waals surface area (Å²) in [6, 6.07) is 2.30. The van der Waals surface area contributed by atoms with Gasteiger partial charge < -0.3 is 9.80 Å². The molecular formula is C18H27Cl2N5S2. The number of thioether (sulfide) groups is 1. The third-order valence-corrected chi connectivity index (χ3v) is 7.02. The highest BCUT2D eigenvalue weighted by atomic mass is 35.5. The van der Waals surface area contributed by atoms with Crippen molar-refractivity contribution in [2.24, 2.45) is 4.99 Å². The third kappa shape index (κ3) is 4.81. The summed E-state index contributed by atoms with van der Waals surface area (Å²) in [4.78, 5) is 21.2. The summed E-state index contributed by atoms with van der Waals surface area (Å²) in [7, 11) is 0. The molecule has 4 heterocycles. The van der Waals surface area contributed by atoms with Crippen LogP contribution < -0.4 is 4.90 Å². The molecule has 4 rings (SSSR count). The number of aryl methyl sites for hydroxylation is 1. The minimum Gasteiger partial charge on any atom is -0.352 e. The summed E-state index contributed by atoms with van der Waals surface area (Å²) in [5.74, 6) is 1.10. The Labute approximate surface area is 181 Å². The fraction of sp³-hybridized carbons (Fsp3) is 0.611. The van der Waals surface area contributed by atoms with Gasteiger partial charge in [-0.3, -0.25) is 4.99 Å². The molecule has 2 aliphatic heterocycles. The number of amidine groups is 1. The second-order valence-corrected chi connectivity index (χ2v) is 10.1. The number of anilines is 1. The van der Waals surface area contributed by atoms with Crippen LogP contribution in [-0.2, 0) is 6.42 Å². The van der Waals surface area contributed by atoms with E-state index in [1.807, 2.05) is 23.1 Å². The van der Waals surface area contributed by atoms with Crippen LogP contribution in [0, 0.1) is 0 Å². The Morgan fingerprint density at radius 1 is 1.07 bits per heavy atom. The molecule has 0 spiro atoms. The van der Waals surface area contributed by atoms with Gasteiger partial charge in [0.1, 0.15) is 17.0 Å². The predicted octanol–water partition coefficient (Wildman–Crippen LogP) is 4.49. The van der Waals surface area contributed by atoms with Crippen LogP contribution >= 0.6 is 47.9 Å². The molecule has 150 valence electrons. The Balaban J connectivity index is 0.00000131. The first-order valence-corrected chi connectivity index (χ1v) is 10.7. The largest absolute Gasteiger partial charge is 0.352 e. The van der Waals surface area contributed by atoms with Gasteiger partial charge in [0.15, 0.2) is 5.17 Å². The summed E-state index contributed by atoms with van der Waals surface area (Å²) in [6.45, 7) is 11.7. The van der Waals surface area contributed by atoms with Crippen LogP contribution in [0.3, 0.4) is 0 Å². The van der Waals surface area contributed by atoms with Gasteiger partial charge in [0.05, 0.1) is 11.9 Å². The van der Waals surface area contributed by atoms with Gasteiger partial charge in [-0.1, -0.05) is 25.1 Å². The van der Waals surface area contributed by atoms with Crippen molar-refractivity contribution in [2.45, 2.75) is 38.4 Å². The summed E-state index contributed by atoms with van der Waals surface area (Å²) in [5.41, 5.74) is 0. The molecule has 0 saturated carbocycles. The van der Waals surface area contributed by atoms with E-state index in [4.69, 9.17) is 4.99 Å². The van der Waals surface area contributed by atoms with Crippen LogP contribution in [0.5, 0.6) is 0 Å². The second-order valence-electron chi connectivity index (χ2n) is 7.31. The molecule has 0 atom stereocenters. The SMILES string of the molecule is CCCc1cc2c(N3CCN(C4=NCC(C)(C)S4)CC3)ncnc2s1.Cl.Cl. The number of rotatable bonds is 3. The van der Waals surface area contributed by atoms with E-state index < -0.39 is 0 Å². The maximum Gasteiger partial charge on any atom is 0.159 e. The molecule has 0 radical (unpaired) electrons. The number of hydrogen-bond acceptors (Lipinski definition) is 7. The zero-order valence-electron chi connectivity index (χ0n) is 16.0. The molecule has 2 aromatic rings. The molecule has 1 fully saturated rings. The Bertz CT molecular complexity index is 800. The standard InChI is InChI=1S/C18H25N5S2.2ClH/c1-4-5-13-10-14-15(20-12-21-16(14)24-13)22-6-8-23(9-7-22)17-19-11-18(2,3)25-17;;/h10,12H,4-9,11H2,1-3H3;2*1H. The molecule has 27 heavy (non-hydrogen) atoms. The molecule has 0 bridgehead atoms. The van der Waals surface area contributed by atoms with Crippen molar-refractivity contribution >= 4 is 69.1 Å². The number of thiophene rings is 1. The lowest BCUT2D eigenvalue weighted by molar-refractivity contribution is 0.391.